The van der Waals surface area contributed by atoms with E-state index in [4.69, 9.17) is 6.85 Å². The normalized spacial score (nSPS) is 12.6. The van der Waals surface area contributed by atoms with Gasteiger partial charge < -0.3 is 9.47 Å². The Bertz CT molecular complexity index is 3170. The number of anilines is 3. The lowest BCUT2D eigenvalue weighted by Crippen LogP contribution is -2.11. The Hall–Kier alpha value is -7.16. The summed E-state index contributed by atoms with van der Waals surface area (Å²) in [4.78, 5) is 2.30. The first-order valence-electron chi connectivity index (χ1n) is 20.6. The maximum Gasteiger partial charge on any atom is 0.0629 e. The van der Waals surface area contributed by atoms with E-state index in [-0.39, 0.29) is 29.7 Å². The SMILES string of the molecule is [2H]c1c([2H])c([2H])c(-c2cccc3c2c2c4ccccc4ccc2n3-c2ccc(-c3ccccc3N(c3ccccc3)c3ccc(-c4ccccc4)cc3)cc2)c([2H])c1[2H]. The number of nitrogens with zero attached hydrogens (tertiary/aromatic N) is 2. The van der Waals surface area contributed by atoms with Gasteiger partial charge in [-0.2, -0.15) is 0 Å². The molecule has 1 heterocycles. The number of hydrogen-bond donors (Lipinski definition) is 0. The molecule has 1 aromatic heterocycles. The van der Waals surface area contributed by atoms with Crippen LogP contribution in [0.2, 0.25) is 0 Å². The number of rotatable bonds is 7. The van der Waals surface area contributed by atoms with Crippen molar-refractivity contribution in [1.29, 1.82) is 0 Å². The molecule has 10 aromatic rings. The maximum atomic E-state index is 8.91. The third-order valence-corrected chi connectivity index (χ3v) is 10.3. The molecule has 0 fully saturated rings. The molecule has 0 spiro atoms. The molecule has 54 heavy (non-hydrogen) atoms. The average Bonchev–Trinajstić information content (AvgIpc) is 3.64. The van der Waals surface area contributed by atoms with E-state index in [0.717, 1.165) is 72.0 Å². The molecule has 0 bridgehead atoms. The minimum absolute atomic E-state index is 0.193. The van der Waals surface area contributed by atoms with Crippen molar-refractivity contribution < 1.29 is 6.85 Å². The van der Waals surface area contributed by atoms with Crippen LogP contribution in [-0.2, 0) is 0 Å². The topological polar surface area (TPSA) is 8.17 Å². The Balaban J connectivity index is 1.13. The van der Waals surface area contributed by atoms with Crippen molar-refractivity contribution in [2.75, 3.05) is 4.90 Å². The number of fused-ring (bicyclic) bond motifs is 5. The predicted molar refractivity (Wildman–Crippen MR) is 229 cm³/mol. The molecule has 0 N–H and O–H groups in total. The quantitative estimate of drug-likeness (QED) is 0.161. The molecule has 0 atom stereocenters. The van der Waals surface area contributed by atoms with E-state index in [1.54, 1.807) is 0 Å². The summed E-state index contributed by atoms with van der Waals surface area (Å²) in [5, 5.41) is 3.88. The second kappa shape index (κ2) is 13.4. The van der Waals surface area contributed by atoms with E-state index >= 15 is 0 Å². The molecular formula is C52H36N2. The van der Waals surface area contributed by atoms with Gasteiger partial charge in [-0.3, -0.25) is 0 Å². The first kappa shape index (κ1) is 26.6. The molecule has 10 rings (SSSR count). The van der Waals surface area contributed by atoms with Crippen LogP contribution < -0.4 is 4.90 Å². The van der Waals surface area contributed by atoms with Gasteiger partial charge in [0.25, 0.3) is 0 Å². The highest BCUT2D eigenvalue weighted by atomic mass is 15.1. The first-order chi connectivity index (χ1) is 28.9. The van der Waals surface area contributed by atoms with Gasteiger partial charge in [-0.15, -0.1) is 0 Å². The van der Waals surface area contributed by atoms with E-state index in [0.29, 0.717) is 5.56 Å². The summed E-state index contributed by atoms with van der Waals surface area (Å²) in [5.74, 6) is 0. The minimum atomic E-state index is -0.404. The summed E-state index contributed by atoms with van der Waals surface area (Å²) < 4.78 is 45.3. The molecule has 0 aliphatic rings. The van der Waals surface area contributed by atoms with E-state index in [2.05, 4.69) is 155 Å². The van der Waals surface area contributed by atoms with Gasteiger partial charge in [-0.05, 0) is 93.2 Å². The van der Waals surface area contributed by atoms with Crippen molar-refractivity contribution >= 4 is 49.6 Å². The zero-order valence-corrected chi connectivity index (χ0v) is 29.3. The molecule has 0 aliphatic carbocycles. The number of hydrogen-bond acceptors (Lipinski definition) is 1. The molecule has 0 amide bonds. The first-order valence-corrected chi connectivity index (χ1v) is 18.1. The second-order valence-electron chi connectivity index (χ2n) is 13.4. The summed E-state index contributed by atoms with van der Waals surface area (Å²) in [6.45, 7) is 0. The number of para-hydroxylation sites is 2. The molecule has 9 aromatic carbocycles. The third-order valence-electron chi connectivity index (χ3n) is 10.3. The molecule has 0 saturated heterocycles. The summed E-state index contributed by atoms with van der Waals surface area (Å²) in [6, 6.07) is 63.4. The van der Waals surface area contributed by atoms with Crippen molar-refractivity contribution in [3.8, 4) is 39.1 Å². The smallest absolute Gasteiger partial charge is 0.0629 e. The van der Waals surface area contributed by atoms with E-state index in [1.807, 2.05) is 42.5 Å². The molecule has 0 radical (unpaired) electrons. The molecule has 2 heteroatoms. The molecule has 0 aliphatic heterocycles. The van der Waals surface area contributed by atoms with Crippen LogP contribution in [-0.4, -0.2) is 4.57 Å². The average molecular weight is 694 g/mol. The highest BCUT2D eigenvalue weighted by molar-refractivity contribution is 6.25. The lowest BCUT2D eigenvalue weighted by molar-refractivity contribution is 1.18. The van der Waals surface area contributed by atoms with E-state index < -0.39 is 6.04 Å². The predicted octanol–water partition coefficient (Wildman–Crippen LogP) is 14.4. The maximum absolute atomic E-state index is 8.91. The van der Waals surface area contributed by atoms with Crippen molar-refractivity contribution in [1.82, 2.24) is 4.57 Å². The van der Waals surface area contributed by atoms with Gasteiger partial charge in [-0.25, -0.2) is 0 Å². The van der Waals surface area contributed by atoms with Crippen molar-refractivity contribution in [2.45, 2.75) is 0 Å². The summed E-state index contributed by atoms with van der Waals surface area (Å²) in [6.07, 6.45) is 0. The molecular weight excluding hydrogens is 653 g/mol. The fourth-order valence-corrected chi connectivity index (χ4v) is 7.84. The number of aromatic nitrogens is 1. The van der Waals surface area contributed by atoms with E-state index in [9.17, 15) is 0 Å². The molecule has 0 unspecified atom stereocenters. The van der Waals surface area contributed by atoms with Gasteiger partial charge >= 0.3 is 0 Å². The zero-order chi connectivity index (χ0) is 40.2. The van der Waals surface area contributed by atoms with Crippen LogP contribution in [0.5, 0.6) is 0 Å². The lowest BCUT2D eigenvalue weighted by Gasteiger charge is -2.28. The molecule has 2 nitrogen and oxygen atoms in total. The van der Waals surface area contributed by atoms with Crippen molar-refractivity contribution in [3.05, 3.63) is 218 Å². The van der Waals surface area contributed by atoms with Crippen LogP contribution in [0.3, 0.4) is 0 Å². The fourth-order valence-electron chi connectivity index (χ4n) is 7.84. The third kappa shape index (κ3) is 5.44. The minimum Gasteiger partial charge on any atom is -0.310 e. The van der Waals surface area contributed by atoms with Gasteiger partial charge in [0.15, 0.2) is 0 Å². The highest BCUT2D eigenvalue weighted by Crippen LogP contribution is 2.44. The number of benzene rings is 9. The van der Waals surface area contributed by atoms with Crippen molar-refractivity contribution in [3.63, 3.8) is 0 Å². The zero-order valence-electron chi connectivity index (χ0n) is 34.3. The van der Waals surface area contributed by atoms with Gasteiger partial charge in [-0.1, -0.05) is 164 Å². The Morgan fingerprint density at radius 3 is 1.80 bits per heavy atom. The summed E-state index contributed by atoms with van der Waals surface area (Å²) in [7, 11) is 0. The Labute approximate surface area is 322 Å². The summed E-state index contributed by atoms with van der Waals surface area (Å²) in [5.41, 5.74) is 11.2. The van der Waals surface area contributed by atoms with Crippen LogP contribution in [0, 0.1) is 0 Å². The van der Waals surface area contributed by atoms with Crippen LogP contribution in [0.25, 0.3) is 71.6 Å². The van der Waals surface area contributed by atoms with Gasteiger partial charge in [0.05, 0.1) is 23.6 Å². The Morgan fingerprint density at radius 2 is 1.00 bits per heavy atom. The van der Waals surface area contributed by atoms with Gasteiger partial charge in [0.2, 0.25) is 0 Å². The van der Waals surface area contributed by atoms with Gasteiger partial charge in [0, 0.05) is 33.4 Å². The summed E-state index contributed by atoms with van der Waals surface area (Å²) >= 11 is 0. The standard InChI is InChI=1S/C52H36N2/c1-4-15-37(16-5-1)38-27-32-43(33-28-38)53(42-20-8-3-9-21-42)48-25-13-12-22-45(48)41-29-34-44(35-30-41)54-49-26-14-24-47(39-17-6-2-7-18-39)51(49)52-46-23-11-10-19-40(46)31-36-50(52)54/h1-36H/i2D,6D,7D,17D,18D. The fraction of sp³-hybridized carbons (Fsp3) is 0. The van der Waals surface area contributed by atoms with Gasteiger partial charge in [0.1, 0.15) is 0 Å². The second-order valence-corrected chi connectivity index (χ2v) is 13.4. The molecule has 254 valence electrons. The lowest BCUT2D eigenvalue weighted by atomic mass is 9.97. The largest absolute Gasteiger partial charge is 0.310 e. The monoisotopic (exact) mass is 693 g/mol. The Morgan fingerprint density at radius 1 is 0.389 bits per heavy atom. The highest BCUT2D eigenvalue weighted by Gasteiger charge is 2.20. The Kier molecular flexibility index (Phi) is 6.61. The van der Waals surface area contributed by atoms with Crippen LogP contribution in [0.1, 0.15) is 6.85 Å². The van der Waals surface area contributed by atoms with E-state index in [1.165, 1.54) is 5.56 Å². The van der Waals surface area contributed by atoms with Crippen LogP contribution in [0.4, 0.5) is 17.1 Å². The van der Waals surface area contributed by atoms with Crippen LogP contribution in [0.15, 0.2) is 218 Å². The molecule has 0 saturated carbocycles. The van der Waals surface area contributed by atoms with Crippen molar-refractivity contribution in [2.24, 2.45) is 0 Å². The van der Waals surface area contributed by atoms with Crippen LogP contribution >= 0.6 is 0 Å².